The second-order valence-electron chi connectivity index (χ2n) is 10.5. The fourth-order valence-corrected chi connectivity index (χ4v) is 6.08. The number of rotatable bonds is 3. The molecule has 1 heterocycles. The van der Waals surface area contributed by atoms with E-state index in [0.717, 1.165) is 27.6 Å². The van der Waals surface area contributed by atoms with Gasteiger partial charge in [-0.25, -0.2) is 4.79 Å². The number of nitrogens with zero attached hydrogens (tertiary/aromatic N) is 1. The average Bonchev–Trinajstić information content (AvgIpc) is 2.88. The molecule has 0 fully saturated rings. The Kier molecular flexibility index (Phi) is 7.90. The molecule has 1 unspecified atom stereocenters. The summed E-state index contributed by atoms with van der Waals surface area (Å²) in [4.78, 5) is 15.1. The van der Waals surface area contributed by atoms with Crippen LogP contribution < -0.4 is 0 Å². The van der Waals surface area contributed by atoms with Crippen LogP contribution in [0.25, 0.3) is 27.6 Å². The molecule has 1 aliphatic heterocycles. The van der Waals surface area contributed by atoms with Crippen LogP contribution in [0.2, 0.25) is 0 Å². The van der Waals surface area contributed by atoms with E-state index in [1.165, 1.54) is 53.3 Å². The number of benzene rings is 4. The summed E-state index contributed by atoms with van der Waals surface area (Å²) in [5.41, 5.74) is 5.09. The van der Waals surface area contributed by atoms with E-state index in [2.05, 4.69) is 77.2 Å². The molecule has 38 heavy (non-hydrogen) atoms. The van der Waals surface area contributed by atoms with Crippen molar-refractivity contribution in [2.75, 3.05) is 0 Å². The van der Waals surface area contributed by atoms with Gasteiger partial charge < -0.3 is 5.11 Å². The zero-order chi connectivity index (χ0) is 26.6. The average molecular weight is 567 g/mol. The Morgan fingerprint density at radius 1 is 1.03 bits per heavy atom. The minimum atomic E-state index is -0.934. The highest BCUT2D eigenvalue weighted by Crippen LogP contribution is 2.41. The molecule has 1 N–H and O–H groups in total. The number of halogens is 1. The fraction of sp³-hybridized carbons (Fsp3) is 0.235. The number of hydrogen-bond donors (Lipinski definition) is 1. The number of aliphatic carboxylic acids is 1. The number of hydrogen-bond acceptors (Lipinski definition) is 2. The van der Waals surface area contributed by atoms with Crippen LogP contribution in [0.3, 0.4) is 0 Å². The first-order valence-corrected chi connectivity index (χ1v) is 14.1. The molecule has 1 aliphatic carbocycles. The van der Waals surface area contributed by atoms with Crippen molar-refractivity contribution in [3.8, 4) is 0 Å². The summed E-state index contributed by atoms with van der Waals surface area (Å²) in [5.74, 6) is 0.593. The van der Waals surface area contributed by atoms with E-state index in [9.17, 15) is 4.79 Å². The van der Waals surface area contributed by atoms with Gasteiger partial charge in [0, 0.05) is 16.3 Å². The number of carbonyl (C=O) groups is 1. The van der Waals surface area contributed by atoms with Gasteiger partial charge in [0.25, 0.3) is 0 Å². The number of fused-ring (bicyclic) bond motifs is 6. The van der Waals surface area contributed by atoms with Crippen molar-refractivity contribution >= 4 is 61.4 Å². The molecule has 0 aromatic heterocycles. The Labute approximate surface area is 232 Å². The normalized spacial score (nSPS) is 16.2. The molecule has 0 saturated heterocycles. The molecule has 0 bridgehead atoms. The van der Waals surface area contributed by atoms with E-state index in [1.807, 2.05) is 24.3 Å². The molecule has 0 spiro atoms. The highest BCUT2D eigenvalue weighted by molar-refractivity contribution is 9.10. The summed E-state index contributed by atoms with van der Waals surface area (Å²) >= 11 is 3.59. The van der Waals surface area contributed by atoms with E-state index >= 15 is 0 Å². The highest BCUT2D eigenvalue weighted by Gasteiger charge is 2.23. The molecule has 0 radical (unpaired) electrons. The lowest BCUT2D eigenvalue weighted by Gasteiger charge is -2.28. The lowest BCUT2D eigenvalue weighted by Crippen LogP contribution is -2.12. The lowest BCUT2D eigenvalue weighted by atomic mass is 9.77. The first-order chi connectivity index (χ1) is 18.4. The van der Waals surface area contributed by atoms with Crippen LogP contribution in [0.15, 0.2) is 93.9 Å². The van der Waals surface area contributed by atoms with E-state index in [4.69, 9.17) is 5.11 Å². The summed E-state index contributed by atoms with van der Waals surface area (Å²) in [6.45, 7) is 4.70. The van der Waals surface area contributed by atoms with E-state index in [1.54, 1.807) is 29.5 Å². The molecular formula is C34H32BrNO2. The van der Waals surface area contributed by atoms with Crippen molar-refractivity contribution in [2.45, 2.75) is 45.4 Å². The Bertz CT molecular complexity index is 1600. The number of aliphatic imine (C=N–C) groups is 1. The smallest absolute Gasteiger partial charge is 0.335 e. The van der Waals surface area contributed by atoms with Gasteiger partial charge in [-0.05, 0) is 107 Å². The second-order valence-corrected chi connectivity index (χ2v) is 11.4. The summed E-state index contributed by atoms with van der Waals surface area (Å²) in [6.07, 6.45) is 11.6. The van der Waals surface area contributed by atoms with Gasteiger partial charge in [-0.1, -0.05) is 78.3 Å². The number of aryl methyl sites for hydroxylation is 1. The first-order valence-electron chi connectivity index (χ1n) is 13.3. The Morgan fingerprint density at radius 2 is 1.82 bits per heavy atom. The summed E-state index contributed by atoms with van der Waals surface area (Å²) < 4.78 is 1.15. The molecule has 4 heteroatoms. The summed E-state index contributed by atoms with van der Waals surface area (Å²) in [6, 6.07) is 23.5. The monoisotopic (exact) mass is 565 g/mol. The van der Waals surface area contributed by atoms with E-state index in [0.29, 0.717) is 0 Å². The zero-order valence-electron chi connectivity index (χ0n) is 21.8. The van der Waals surface area contributed by atoms with Crippen molar-refractivity contribution in [3.05, 3.63) is 106 Å². The fourth-order valence-electron chi connectivity index (χ4n) is 5.70. The zero-order valence-corrected chi connectivity index (χ0v) is 23.4. The Hall–Kier alpha value is -3.50. The van der Waals surface area contributed by atoms with Crippen LogP contribution in [0, 0.1) is 5.92 Å². The minimum Gasteiger partial charge on any atom is -0.478 e. The van der Waals surface area contributed by atoms with Gasteiger partial charge in [0.2, 0.25) is 0 Å². The molecule has 4 aromatic carbocycles. The van der Waals surface area contributed by atoms with Crippen molar-refractivity contribution in [1.29, 1.82) is 0 Å². The van der Waals surface area contributed by atoms with Crippen LogP contribution in [0.1, 0.15) is 55.7 Å². The number of para-hydroxylation sites is 1. The summed E-state index contributed by atoms with van der Waals surface area (Å²) in [7, 11) is 0. The van der Waals surface area contributed by atoms with Gasteiger partial charge in [-0.2, -0.15) is 0 Å². The second kappa shape index (κ2) is 11.5. The topological polar surface area (TPSA) is 49.7 Å². The largest absolute Gasteiger partial charge is 0.478 e. The third kappa shape index (κ3) is 5.66. The third-order valence-electron chi connectivity index (χ3n) is 7.37. The predicted molar refractivity (Wildman–Crippen MR) is 164 cm³/mol. The van der Waals surface area contributed by atoms with E-state index < -0.39 is 5.97 Å². The van der Waals surface area contributed by atoms with Crippen LogP contribution in [0.4, 0.5) is 5.69 Å². The molecule has 192 valence electrons. The SMILES string of the molecule is CC(C)CC1CCCc2c1ccc1c2ccc2cc(Br)ccc21.O=C(O)C1=Cc2ccccc2N=CC=C1. The van der Waals surface area contributed by atoms with Crippen LogP contribution in [-0.2, 0) is 11.2 Å². The van der Waals surface area contributed by atoms with Gasteiger partial charge in [-0.3, -0.25) is 4.99 Å². The van der Waals surface area contributed by atoms with Crippen LogP contribution >= 0.6 is 15.9 Å². The molecule has 2 aliphatic rings. The molecule has 4 aromatic rings. The number of carboxylic acids is 1. The molecule has 0 saturated carbocycles. The highest BCUT2D eigenvalue weighted by atomic mass is 79.9. The molecule has 6 rings (SSSR count). The van der Waals surface area contributed by atoms with Crippen molar-refractivity contribution in [3.63, 3.8) is 0 Å². The first kappa shape index (κ1) is 26.1. The molecule has 1 atom stereocenters. The lowest BCUT2D eigenvalue weighted by molar-refractivity contribution is -0.132. The van der Waals surface area contributed by atoms with Gasteiger partial charge >= 0.3 is 5.97 Å². The maximum atomic E-state index is 10.9. The van der Waals surface area contributed by atoms with Gasteiger partial charge in [0.15, 0.2) is 0 Å². The predicted octanol–water partition coefficient (Wildman–Crippen LogP) is 9.65. The van der Waals surface area contributed by atoms with Crippen molar-refractivity contribution < 1.29 is 9.90 Å². The van der Waals surface area contributed by atoms with Gasteiger partial charge in [0.1, 0.15) is 0 Å². The standard InChI is InChI=1S/C22H23Br.C12H9NO2/c1-14(2)12-15-4-3-5-20-19(15)10-11-21-18-9-7-17(23)13-16(18)6-8-22(20)21;14-12(15)10-5-3-7-13-11-6-2-1-4-9(11)8-10/h6-11,13-15H,3-5,12H2,1-2H3;1-8H,(H,14,15). The third-order valence-corrected chi connectivity index (χ3v) is 7.87. The van der Waals surface area contributed by atoms with Gasteiger partial charge in [0.05, 0.1) is 11.3 Å². The van der Waals surface area contributed by atoms with Gasteiger partial charge in [-0.15, -0.1) is 0 Å². The molecule has 3 nitrogen and oxygen atoms in total. The van der Waals surface area contributed by atoms with Crippen LogP contribution in [-0.4, -0.2) is 17.3 Å². The minimum absolute atomic E-state index is 0.258. The Balaban J connectivity index is 0.000000170. The maximum Gasteiger partial charge on any atom is 0.335 e. The molecule has 0 amide bonds. The van der Waals surface area contributed by atoms with Crippen molar-refractivity contribution in [1.82, 2.24) is 0 Å². The van der Waals surface area contributed by atoms with Crippen LogP contribution in [0.5, 0.6) is 0 Å². The molecular weight excluding hydrogens is 534 g/mol. The quantitative estimate of drug-likeness (QED) is 0.251. The maximum absolute atomic E-state index is 10.9. The summed E-state index contributed by atoms with van der Waals surface area (Å²) in [5, 5.41) is 14.5. The van der Waals surface area contributed by atoms with E-state index in [-0.39, 0.29) is 5.57 Å². The number of allylic oxidation sites excluding steroid dienone is 1. The van der Waals surface area contributed by atoms with Crippen molar-refractivity contribution in [2.24, 2.45) is 10.9 Å². The Morgan fingerprint density at radius 3 is 2.63 bits per heavy atom. The number of carboxylic acid groups (broad SMARTS) is 1.